The van der Waals surface area contributed by atoms with Gasteiger partial charge in [0.15, 0.2) is 0 Å². The molecule has 1 aliphatic heterocycles. The number of hydrogen-bond acceptors (Lipinski definition) is 2. The van der Waals surface area contributed by atoms with Crippen molar-refractivity contribution in [2.75, 3.05) is 26.7 Å². The highest BCUT2D eigenvalue weighted by Crippen LogP contribution is 2.21. The molecule has 1 unspecified atom stereocenters. The van der Waals surface area contributed by atoms with Crippen LogP contribution in [-0.2, 0) is 0 Å². The standard InChI is InChI=1S/C13H16BrFN2O/c1-9-8-16(2)5-6-17(9)13(18)11-7-10(15)3-4-12(11)14/h3-4,7,9H,5-6,8H2,1-2H3. The highest BCUT2D eigenvalue weighted by molar-refractivity contribution is 9.10. The van der Waals surface area contributed by atoms with Gasteiger partial charge in [-0.2, -0.15) is 0 Å². The van der Waals surface area contributed by atoms with Crippen LogP contribution in [0.15, 0.2) is 22.7 Å². The van der Waals surface area contributed by atoms with Crippen LogP contribution in [0.3, 0.4) is 0 Å². The third kappa shape index (κ3) is 2.72. The lowest BCUT2D eigenvalue weighted by atomic mass is 10.1. The topological polar surface area (TPSA) is 23.6 Å². The zero-order chi connectivity index (χ0) is 13.3. The van der Waals surface area contributed by atoms with Crippen molar-refractivity contribution in [3.05, 3.63) is 34.1 Å². The van der Waals surface area contributed by atoms with Crippen LogP contribution < -0.4 is 0 Å². The smallest absolute Gasteiger partial charge is 0.255 e. The molecule has 5 heteroatoms. The number of halogens is 2. The zero-order valence-electron chi connectivity index (χ0n) is 10.5. The average Bonchev–Trinajstić information content (AvgIpc) is 2.31. The van der Waals surface area contributed by atoms with Gasteiger partial charge in [0.05, 0.1) is 5.56 Å². The van der Waals surface area contributed by atoms with Crippen LogP contribution >= 0.6 is 15.9 Å². The molecule has 1 aromatic carbocycles. The Morgan fingerprint density at radius 1 is 1.44 bits per heavy atom. The maximum Gasteiger partial charge on any atom is 0.255 e. The first kappa shape index (κ1) is 13.5. The van der Waals surface area contributed by atoms with Crippen LogP contribution in [0.4, 0.5) is 4.39 Å². The Bertz CT molecular complexity index is 466. The van der Waals surface area contributed by atoms with Gasteiger partial charge in [0.1, 0.15) is 5.82 Å². The number of amides is 1. The molecule has 2 rings (SSSR count). The number of hydrogen-bond donors (Lipinski definition) is 0. The van der Waals surface area contributed by atoms with Gasteiger partial charge in [-0.25, -0.2) is 4.39 Å². The van der Waals surface area contributed by atoms with Gasteiger partial charge in [0.2, 0.25) is 0 Å². The van der Waals surface area contributed by atoms with E-state index in [0.717, 1.165) is 13.1 Å². The van der Waals surface area contributed by atoms with E-state index in [1.54, 1.807) is 11.0 Å². The second-order valence-corrected chi connectivity index (χ2v) is 5.59. The molecular weight excluding hydrogens is 299 g/mol. The number of benzene rings is 1. The van der Waals surface area contributed by atoms with Crippen LogP contribution in [0.25, 0.3) is 0 Å². The molecule has 1 aromatic rings. The molecule has 0 radical (unpaired) electrons. The summed E-state index contributed by atoms with van der Waals surface area (Å²) < 4.78 is 13.9. The van der Waals surface area contributed by atoms with E-state index in [1.807, 2.05) is 14.0 Å². The van der Waals surface area contributed by atoms with E-state index in [9.17, 15) is 9.18 Å². The molecule has 0 saturated carbocycles. The molecular formula is C13H16BrFN2O. The molecule has 0 aliphatic carbocycles. The van der Waals surface area contributed by atoms with Crippen molar-refractivity contribution in [1.29, 1.82) is 0 Å². The second kappa shape index (κ2) is 5.36. The Morgan fingerprint density at radius 2 is 2.17 bits per heavy atom. The van der Waals surface area contributed by atoms with Gasteiger partial charge in [-0.1, -0.05) is 0 Å². The van der Waals surface area contributed by atoms with Crippen LogP contribution in [0, 0.1) is 5.82 Å². The van der Waals surface area contributed by atoms with Gasteiger partial charge in [-0.3, -0.25) is 4.79 Å². The summed E-state index contributed by atoms with van der Waals surface area (Å²) in [6.45, 7) is 4.39. The van der Waals surface area contributed by atoms with E-state index >= 15 is 0 Å². The summed E-state index contributed by atoms with van der Waals surface area (Å²) in [6, 6.07) is 4.35. The molecule has 1 saturated heterocycles. The minimum absolute atomic E-state index is 0.109. The summed E-state index contributed by atoms with van der Waals surface area (Å²) in [5, 5.41) is 0. The molecule has 0 bridgehead atoms. The normalized spacial score (nSPS) is 21.1. The van der Waals surface area contributed by atoms with Gasteiger partial charge in [0.25, 0.3) is 5.91 Å². The van der Waals surface area contributed by atoms with Gasteiger partial charge >= 0.3 is 0 Å². The Morgan fingerprint density at radius 3 is 2.83 bits per heavy atom. The van der Waals surface area contributed by atoms with E-state index in [-0.39, 0.29) is 17.8 Å². The summed E-state index contributed by atoms with van der Waals surface area (Å²) in [4.78, 5) is 16.4. The van der Waals surface area contributed by atoms with Crippen molar-refractivity contribution >= 4 is 21.8 Å². The molecule has 0 N–H and O–H groups in total. The van der Waals surface area contributed by atoms with E-state index in [0.29, 0.717) is 16.6 Å². The van der Waals surface area contributed by atoms with Crippen molar-refractivity contribution in [3.8, 4) is 0 Å². The molecule has 3 nitrogen and oxygen atoms in total. The Balaban J connectivity index is 2.23. The lowest BCUT2D eigenvalue weighted by Crippen LogP contribution is -2.52. The monoisotopic (exact) mass is 314 g/mol. The minimum Gasteiger partial charge on any atom is -0.333 e. The third-order valence-corrected chi connectivity index (χ3v) is 3.94. The molecule has 1 amide bonds. The second-order valence-electron chi connectivity index (χ2n) is 4.73. The summed E-state index contributed by atoms with van der Waals surface area (Å²) in [6.07, 6.45) is 0. The summed E-state index contributed by atoms with van der Waals surface area (Å²) >= 11 is 3.30. The van der Waals surface area contributed by atoms with E-state index < -0.39 is 0 Å². The fourth-order valence-electron chi connectivity index (χ4n) is 2.26. The van der Waals surface area contributed by atoms with Gasteiger partial charge in [-0.05, 0) is 48.1 Å². The van der Waals surface area contributed by atoms with Gasteiger partial charge in [-0.15, -0.1) is 0 Å². The first-order valence-electron chi connectivity index (χ1n) is 5.93. The quantitative estimate of drug-likeness (QED) is 0.794. The van der Waals surface area contributed by atoms with Gasteiger partial charge < -0.3 is 9.80 Å². The predicted octanol–water partition coefficient (Wildman–Crippen LogP) is 2.36. The molecule has 98 valence electrons. The van der Waals surface area contributed by atoms with E-state index in [1.165, 1.54) is 12.1 Å². The molecule has 1 heterocycles. The summed E-state index contributed by atoms with van der Waals surface area (Å²) in [5.74, 6) is -0.495. The summed E-state index contributed by atoms with van der Waals surface area (Å²) in [7, 11) is 2.04. The molecule has 18 heavy (non-hydrogen) atoms. The molecule has 0 aromatic heterocycles. The maximum atomic E-state index is 13.2. The minimum atomic E-state index is -0.386. The maximum absolute atomic E-state index is 13.2. The van der Waals surface area contributed by atoms with Gasteiger partial charge in [0, 0.05) is 30.1 Å². The molecule has 0 spiro atoms. The van der Waals surface area contributed by atoms with Crippen molar-refractivity contribution < 1.29 is 9.18 Å². The Labute approximate surface area is 115 Å². The number of piperazine rings is 1. The van der Waals surface area contributed by atoms with Crippen molar-refractivity contribution in [3.63, 3.8) is 0 Å². The number of likely N-dealkylation sites (N-methyl/N-ethyl adjacent to an activating group) is 1. The average molecular weight is 315 g/mol. The Kier molecular flexibility index (Phi) is 4.02. The number of carbonyl (C=O) groups is 1. The fourth-order valence-corrected chi connectivity index (χ4v) is 2.67. The van der Waals surface area contributed by atoms with Crippen molar-refractivity contribution in [2.45, 2.75) is 13.0 Å². The van der Waals surface area contributed by atoms with Crippen LogP contribution in [0.2, 0.25) is 0 Å². The van der Waals surface area contributed by atoms with Crippen LogP contribution in [0.1, 0.15) is 17.3 Å². The van der Waals surface area contributed by atoms with E-state index in [4.69, 9.17) is 0 Å². The predicted molar refractivity (Wildman–Crippen MR) is 72.1 cm³/mol. The summed E-state index contributed by atoms with van der Waals surface area (Å²) in [5.41, 5.74) is 0.395. The molecule has 1 atom stereocenters. The third-order valence-electron chi connectivity index (χ3n) is 3.25. The number of carbonyl (C=O) groups excluding carboxylic acids is 1. The first-order chi connectivity index (χ1) is 8.49. The first-order valence-corrected chi connectivity index (χ1v) is 6.73. The molecule has 1 fully saturated rings. The zero-order valence-corrected chi connectivity index (χ0v) is 12.1. The lowest BCUT2D eigenvalue weighted by Gasteiger charge is -2.38. The highest BCUT2D eigenvalue weighted by Gasteiger charge is 2.27. The Hall–Kier alpha value is -0.940. The van der Waals surface area contributed by atoms with Crippen molar-refractivity contribution in [1.82, 2.24) is 9.80 Å². The van der Waals surface area contributed by atoms with E-state index in [2.05, 4.69) is 20.8 Å². The highest BCUT2D eigenvalue weighted by atomic mass is 79.9. The van der Waals surface area contributed by atoms with Crippen molar-refractivity contribution in [2.24, 2.45) is 0 Å². The van der Waals surface area contributed by atoms with Crippen LogP contribution in [0.5, 0.6) is 0 Å². The lowest BCUT2D eigenvalue weighted by molar-refractivity contribution is 0.0532. The fraction of sp³-hybridized carbons (Fsp3) is 0.462. The molecule has 1 aliphatic rings. The number of nitrogens with zero attached hydrogens (tertiary/aromatic N) is 2. The van der Waals surface area contributed by atoms with Crippen LogP contribution in [-0.4, -0.2) is 48.4 Å². The largest absolute Gasteiger partial charge is 0.333 e. The number of rotatable bonds is 1. The SMILES string of the molecule is CC1CN(C)CCN1C(=O)c1cc(F)ccc1Br.